The van der Waals surface area contributed by atoms with Crippen LogP contribution in [0.3, 0.4) is 0 Å². The summed E-state index contributed by atoms with van der Waals surface area (Å²) in [4.78, 5) is 22.4. The van der Waals surface area contributed by atoms with Crippen molar-refractivity contribution in [2.24, 2.45) is 0 Å². The van der Waals surface area contributed by atoms with Gasteiger partial charge in [0.25, 0.3) is 5.91 Å². The van der Waals surface area contributed by atoms with Crippen LogP contribution in [0.1, 0.15) is 12.5 Å². The first-order chi connectivity index (χ1) is 8.60. The Bertz CT molecular complexity index is 540. The number of rotatable bonds is 3. The summed E-state index contributed by atoms with van der Waals surface area (Å²) in [6.07, 6.45) is 1.58. The van der Waals surface area contributed by atoms with Crippen molar-refractivity contribution in [1.29, 1.82) is 0 Å². The normalized spacial score (nSPS) is 16.7. The van der Waals surface area contributed by atoms with Gasteiger partial charge in [0.15, 0.2) is 0 Å². The zero-order valence-corrected chi connectivity index (χ0v) is 11.2. The maximum Gasteiger partial charge on any atom is 0.326 e. The molecule has 0 bridgehead atoms. The zero-order chi connectivity index (χ0) is 13.1. The lowest BCUT2D eigenvalue weighted by Gasteiger charge is -2.08. The van der Waals surface area contributed by atoms with Crippen LogP contribution in [0.4, 0.5) is 4.79 Å². The van der Waals surface area contributed by atoms with Crippen molar-refractivity contribution in [3.8, 4) is 5.75 Å². The Labute approximate surface area is 112 Å². The van der Waals surface area contributed by atoms with Crippen LogP contribution >= 0.6 is 15.9 Å². The fourth-order valence-electron chi connectivity index (χ4n) is 1.56. The number of hydrogen-bond acceptors (Lipinski definition) is 3. The number of halogens is 1. The first-order valence-electron chi connectivity index (χ1n) is 5.36. The van der Waals surface area contributed by atoms with Crippen LogP contribution in [0.5, 0.6) is 5.75 Å². The van der Waals surface area contributed by atoms with E-state index in [0.29, 0.717) is 12.4 Å². The third-order valence-electron chi connectivity index (χ3n) is 2.29. The van der Waals surface area contributed by atoms with Gasteiger partial charge in [0.2, 0.25) is 0 Å². The molecule has 2 N–H and O–H groups in total. The molecule has 1 fully saturated rings. The first-order valence-corrected chi connectivity index (χ1v) is 6.16. The average molecular weight is 311 g/mol. The average Bonchev–Trinajstić information content (AvgIpc) is 2.61. The van der Waals surface area contributed by atoms with Crippen LogP contribution in [0.15, 0.2) is 28.4 Å². The highest BCUT2D eigenvalue weighted by atomic mass is 79.9. The summed E-state index contributed by atoms with van der Waals surface area (Å²) in [5.41, 5.74) is 0.928. The minimum absolute atomic E-state index is 0.207. The summed E-state index contributed by atoms with van der Waals surface area (Å²) in [7, 11) is 0. The minimum Gasteiger partial charge on any atom is -0.493 e. The van der Waals surface area contributed by atoms with Gasteiger partial charge >= 0.3 is 6.03 Å². The predicted molar refractivity (Wildman–Crippen MR) is 70.0 cm³/mol. The molecule has 2 rings (SSSR count). The van der Waals surface area contributed by atoms with E-state index in [1.807, 2.05) is 19.1 Å². The lowest BCUT2D eigenvalue weighted by atomic mass is 10.1. The van der Waals surface area contributed by atoms with Gasteiger partial charge in [-0.05, 0) is 31.2 Å². The lowest BCUT2D eigenvalue weighted by molar-refractivity contribution is -0.115. The largest absolute Gasteiger partial charge is 0.493 e. The van der Waals surface area contributed by atoms with E-state index in [4.69, 9.17) is 4.74 Å². The number of urea groups is 1. The van der Waals surface area contributed by atoms with Crippen LogP contribution in [0.25, 0.3) is 6.08 Å². The molecule has 0 spiro atoms. The van der Waals surface area contributed by atoms with Crippen LogP contribution in [0, 0.1) is 0 Å². The van der Waals surface area contributed by atoms with Crippen LogP contribution in [-0.4, -0.2) is 18.5 Å². The number of imide groups is 1. The Morgan fingerprint density at radius 3 is 2.72 bits per heavy atom. The Kier molecular flexibility index (Phi) is 3.66. The second kappa shape index (κ2) is 5.22. The van der Waals surface area contributed by atoms with Gasteiger partial charge in [0.05, 0.1) is 6.61 Å². The molecule has 0 saturated carbocycles. The molecule has 5 nitrogen and oxygen atoms in total. The minimum atomic E-state index is -0.515. The summed E-state index contributed by atoms with van der Waals surface area (Å²) in [5.74, 6) is 0.213. The van der Waals surface area contributed by atoms with E-state index in [1.54, 1.807) is 12.1 Å². The highest BCUT2D eigenvalue weighted by Gasteiger charge is 2.23. The van der Waals surface area contributed by atoms with Gasteiger partial charge in [-0.3, -0.25) is 10.1 Å². The Hall–Kier alpha value is -1.82. The molecule has 0 atom stereocenters. The van der Waals surface area contributed by atoms with Crippen LogP contribution in [0.2, 0.25) is 0 Å². The van der Waals surface area contributed by atoms with E-state index < -0.39 is 11.9 Å². The van der Waals surface area contributed by atoms with E-state index in [0.717, 1.165) is 10.0 Å². The van der Waals surface area contributed by atoms with E-state index in [1.165, 1.54) is 0 Å². The van der Waals surface area contributed by atoms with Crippen molar-refractivity contribution in [3.63, 3.8) is 0 Å². The number of amides is 3. The molecule has 18 heavy (non-hydrogen) atoms. The van der Waals surface area contributed by atoms with Crippen molar-refractivity contribution < 1.29 is 14.3 Å². The molecule has 1 aromatic rings. The highest BCUT2D eigenvalue weighted by molar-refractivity contribution is 9.10. The number of ether oxygens (including phenoxy) is 1. The topological polar surface area (TPSA) is 67.4 Å². The molecule has 0 aromatic heterocycles. The SMILES string of the molecule is CCOc1ccc(Br)cc1C=C1NC(=O)NC1=O. The fraction of sp³-hybridized carbons (Fsp3) is 0.167. The molecule has 1 heterocycles. The van der Waals surface area contributed by atoms with Crippen molar-refractivity contribution in [2.45, 2.75) is 6.92 Å². The second-order valence-electron chi connectivity index (χ2n) is 3.58. The predicted octanol–water partition coefficient (Wildman–Crippen LogP) is 2.03. The summed E-state index contributed by atoms with van der Waals surface area (Å²) < 4.78 is 6.32. The Balaban J connectivity index is 2.38. The van der Waals surface area contributed by atoms with Crippen molar-refractivity contribution in [3.05, 3.63) is 33.9 Å². The van der Waals surface area contributed by atoms with Crippen LogP contribution < -0.4 is 15.4 Å². The van der Waals surface area contributed by atoms with Crippen molar-refractivity contribution in [2.75, 3.05) is 6.61 Å². The molecule has 3 amide bonds. The monoisotopic (exact) mass is 310 g/mol. The van der Waals surface area contributed by atoms with E-state index in [2.05, 4.69) is 26.6 Å². The Morgan fingerprint density at radius 2 is 2.11 bits per heavy atom. The molecule has 1 aromatic carbocycles. The fourth-order valence-corrected chi connectivity index (χ4v) is 1.94. The van der Waals surface area contributed by atoms with Gasteiger partial charge < -0.3 is 10.1 Å². The third kappa shape index (κ3) is 2.70. The standard InChI is InChI=1S/C12H11BrN2O3/c1-2-18-10-4-3-8(13)5-7(10)6-9-11(16)15-12(17)14-9/h3-6H,2H2,1H3,(H2,14,15,16,17). The third-order valence-corrected chi connectivity index (χ3v) is 2.78. The van der Waals surface area contributed by atoms with Crippen molar-refractivity contribution in [1.82, 2.24) is 10.6 Å². The second-order valence-corrected chi connectivity index (χ2v) is 4.50. The molecular weight excluding hydrogens is 300 g/mol. The first kappa shape index (κ1) is 12.6. The van der Waals surface area contributed by atoms with Crippen LogP contribution in [-0.2, 0) is 4.79 Å². The summed E-state index contributed by atoms with van der Waals surface area (Å²) in [6, 6.07) is 4.95. The van der Waals surface area contributed by atoms with E-state index in [-0.39, 0.29) is 5.70 Å². The smallest absolute Gasteiger partial charge is 0.326 e. The summed E-state index contributed by atoms with van der Waals surface area (Å²) in [6.45, 7) is 2.40. The molecule has 1 aliphatic heterocycles. The molecule has 6 heteroatoms. The van der Waals surface area contributed by atoms with Gasteiger partial charge in [-0.1, -0.05) is 15.9 Å². The Morgan fingerprint density at radius 1 is 1.33 bits per heavy atom. The number of carbonyl (C=O) groups is 2. The molecule has 0 unspecified atom stereocenters. The molecule has 0 radical (unpaired) electrons. The van der Waals surface area contributed by atoms with Crippen molar-refractivity contribution >= 4 is 33.9 Å². The van der Waals surface area contributed by atoms with Gasteiger partial charge in [-0.15, -0.1) is 0 Å². The highest BCUT2D eigenvalue weighted by Crippen LogP contribution is 2.25. The summed E-state index contributed by atoms with van der Waals surface area (Å²) >= 11 is 3.35. The molecule has 1 saturated heterocycles. The number of nitrogens with one attached hydrogen (secondary N) is 2. The molecule has 94 valence electrons. The quantitative estimate of drug-likeness (QED) is 0.663. The van der Waals surface area contributed by atoms with Gasteiger partial charge in [-0.2, -0.15) is 0 Å². The number of hydrogen-bond donors (Lipinski definition) is 2. The molecule has 0 aliphatic carbocycles. The molecule has 1 aliphatic rings. The number of carbonyl (C=O) groups excluding carboxylic acids is 2. The summed E-state index contributed by atoms with van der Waals surface area (Å²) in [5, 5.41) is 4.57. The van der Waals surface area contributed by atoms with E-state index >= 15 is 0 Å². The maximum atomic E-state index is 11.4. The lowest BCUT2D eigenvalue weighted by Crippen LogP contribution is -2.22. The van der Waals surface area contributed by atoms with Gasteiger partial charge in [0, 0.05) is 10.0 Å². The van der Waals surface area contributed by atoms with Gasteiger partial charge in [-0.25, -0.2) is 4.79 Å². The maximum absolute atomic E-state index is 11.4. The number of benzene rings is 1. The zero-order valence-electron chi connectivity index (χ0n) is 9.62. The molecular formula is C12H11BrN2O3. The van der Waals surface area contributed by atoms with Gasteiger partial charge in [0.1, 0.15) is 11.4 Å². The van der Waals surface area contributed by atoms with E-state index in [9.17, 15) is 9.59 Å².